The summed E-state index contributed by atoms with van der Waals surface area (Å²) in [6.45, 7) is 1.60. The molecule has 0 spiro atoms. The fourth-order valence-corrected chi connectivity index (χ4v) is 2.15. The van der Waals surface area contributed by atoms with Gasteiger partial charge in [0.25, 0.3) is 5.91 Å². The zero-order chi connectivity index (χ0) is 15.4. The summed E-state index contributed by atoms with van der Waals surface area (Å²) in [7, 11) is 0. The topological polar surface area (TPSA) is 51.2 Å². The predicted molar refractivity (Wildman–Crippen MR) is 84.4 cm³/mol. The third-order valence-electron chi connectivity index (χ3n) is 2.58. The Morgan fingerprint density at radius 2 is 2.05 bits per heavy atom. The highest BCUT2D eigenvalue weighted by atomic mass is 35.5. The number of hydrogen-bond acceptors (Lipinski definition) is 3. The minimum absolute atomic E-state index is 0.211. The molecule has 1 N–H and O–H groups in total. The number of ether oxygens (including phenoxy) is 1. The van der Waals surface area contributed by atoms with E-state index in [1.807, 2.05) is 0 Å². The third-order valence-corrected chi connectivity index (χ3v) is 3.42. The molecular weight excluding hydrogens is 335 g/mol. The molecule has 4 nitrogen and oxygen atoms in total. The van der Waals surface area contributed by atoms with Crippen LogP contribution in [-0.4, -0.2) is 17.0 Å². The minimum Gasteiger partial charge on any atom is -0.479 e. The van der Waals surface area contributed by atoms with Crippen molar-refractivity contribution in [2.45, 2.75) is 13.0 Å². The summed E-state index contributed by atoms with van der Waals surface area (Å²) < 4.78 is 5.51. The van der Waals surface area contributed by atoms with Gasteiger partial charge in [-0.05, 0) is 37.3 Å². The molecule has 0 bridgehead atoms. The SMILES string of the molecule is C[C@H](Oc1ccc(Cl)cc1Cl)C(=O)Nc1cccnc1Cl. The van der Waals surface area contributed by atoms with Crippen LogP contribution in [0.5, 0.6) is 5.75 Å². The number of nitrogens with one attached hydrogen (secondary N) is 1. The number of nitrogens with zero attached hydrogens (tertiary/aromatic N) is 1. The number of aromatic nitrogens is 1. The van der Waals surface area contributed by atoms with Crippen molar-refractivity contribution in [3.8, 4) is 5.75 Å². The lowest BCUT2D eigenvalue weighted by Crippen LogP contribution is -2.30. The van der Waals surface area contributed by atoms with Crippen molar-refractivity contribution in [1.82, 2.24) is 4.98 Å². The lowest BCUT2D eigenvalue weighted by Gasteiger charge is -2.16. The molecule has 0 aliphatic rings. The van der Waals surface area contributed by atoms with Crippen LogP contribution in [0.25, 0.3) is 0 Å². The summed E-state index contributed by atoms with van der Waals surface area (Å²) in [6, 6.07) is 8.09. The van der Waals surface area contributed by atoms with E-state index in [9.17, 15) is 4.79 Å². The summed E-state index contributed by atoms with van der Waals surface area (Å²) in [5, 5.41) is 3.67. The number of hydrogen-bond donors (Lipinski definition) is 1. The molecule has 1 atom stereocenters. The number of rotatable bonds is 4. The van der Waals surface area contributed by atoms with Gasteiger partial charge in [-0.25, -0.2) is 4.98 Å². The summed E-state index contributed by atoms with van der Waals surface area (Å²) in [5.74, 6) is 0.0110. The average molecular weight is 346 g/mol. The van der Waals surface area contributed by atoms with Gasteiger partial charge in [0.1, 0.15) is 5.75 Å². The fraction of sp³-hybridized carbons (Fsp3) is 0.143. The van der Waals surface area contributed by atoms with Crippen LogP contribution in [-0.2, 0) is 4.79 Å². The number of halogens is 3. The zero-order valence-corrected chi connectivity index (χ0v) is 13.2. The van der Waals surface area contributed by atoms with Gasteiger partial charge in [-0.3, -0.25) is 4.79 Å². The summed E-state index contributed by atoms with van der Waals surface area (Å²) in [5.41, 5.74) is 0.418. The third kappa shape index (κ3) is 4.24. The molecule has 1 aromatic carbocycles. The molecule has 0 saturated carbocycles. The van der Waals surface area contributed by atoms with E-state index in [4.69, 9.17) is 39.5 Å². The Balaban J connectivity index is 2.04. The van der Waals surface area contributed by atoms with Crippen LogP contribution in [0.1, 0.15) is 6.92 Å². The van der Waals surface area contributed by atoms with Gasteiger partial charge in [0, 0.05) is 11.2 Å². The highest BCUT2D eigenvalue weighted by Crippen LogP contribution is 2.28. The molecular formula is C14H11Cl3N2O2. The van der Waals surface area contributed by atoms with Crippen LogP contribution in [0.3, 0.4) is 0 Å². The van der Waals surface area contributed by atoms with Crippen LogP contribution >= 0.6 is 34.8 Å². The standard InChI is InChI=1S/C14H11Cl3N2O2/c1-8(21-12-5-4-9(15)7-10(12)16)14(20)19-11-3-2-6-18-13(11)17/h2-8H,1H3,(H,19,20)/t8-/m0/s1. The summed E-state index contributed by atoms with van der Waals surface area (Å²) in [4.78, 5) is 15.9. The summed E-state index contributed by atoms with van der Waals surface area (Å²) >= 11 is 17.7. The van der Waals surface area contributed by atoms with Crippen molar-refractivity contribution in [1.29, 1.82) is 0 Å². The zero-order valence-electron chi connectivity index (χ0n) is 10.9. The number of amides is 1. The molecule has 110 valence electrons. The first-order chi connectivity index (χ1) is 9.97. The molecule has 0 fully saturated rings. The van der Waals surface area contributed by atoms with Gasteiger partial charge in [0.2, 0.25) is 0 Å². The molecule has 7 heteroatoms. The van der Waals surface area contributed by atoms with Gasteiger partial charge in [0.05, 0.1) is 10.7 Å². The lowest BCUT2D eigenvalue weighted by atomic mass is 10.3. The van der Waals surface area contributed by atoms with E-state index in [1.165, 1.54) is 6.20 Å². The number of pyridine rings is 1. The van der Waals surface area contributed by atoms with Crippen molar-refractivity contribution in [3.63, 3.8) is 0 Å². The van der Waals surface area contributed by atoms with E-state index in [2.05, 4.69) is 10.3 Å². The van der Waals surface area contributed by atoms with Crippen molar-refractivity contribution in [2.24, 2.45) is 0 Å². The van der Waals surface area contributed by atoms with Gasteiger partial charge in [-0.1, -0.05) is 34.8 Å². The maximum absolute atomic E-state index is 12.1. The monoisotopic (exact) mass is 344 g/mol. The maximum atomic E-state index is 12.1. The number of benzene rings is 1. The molecule has 1 heterocycles. The number of carbonyl (C=O) groups excluding carboxylic acids is 1. The number of anilines is 1. The first-order valence-electron chi connectivity index (χ1n) is 6.00. The van der Waals surface area contributed by atoms with Crippen molar-refractivity contribution in [2.75, 3.05) is 5.32 Å². The quantitative estimate of drug-likeness (QED) is 0.833. The van der Waals surface area contributed by atoms with Crippen molar-refractivity contribution < 1.29 is 9.53 Å². The van der Waals surface area contributed by atoms with E-state index < -0.39 is 6.10 Å². The maximum Gasteiger partial charge on any atom is 0.265 e. The van der Waals surface area contributed by atoms with Crippen molar-refractivity contribution in [3.05, 3.63) is 51.7 Å². The van der Waals surface area contributed by atoms with Gasteiger partial charge >= 0.3 is 0 Å². The van der Waals surface area contributed by atoms with E-state index in [1.54, 1.807) is 37.3 Å². The Bertz CT molecular complexity index is 664. The lowest BCUT2D eigenvalue weighted by molar-refractivity contribution is -0.122. The smallest absolute Gasteiger partial charge is 0.265 e. The molecule has 1 amide bonds. The molecule has 0 aliphatic heterocycles. The molecule has 0 radical (unpaired) electrons. The molecule has 21 heavy (non-hydrogen) atoms. The second-order valence-electron chi connectivity index (χ2n) is 4.17. The van der Waals surface area contributed by atoms with Gasteiger partial charge in [-0.15, -0.1) is 0 Å². The van der Waals surface area contributed by atoms with Crippen LogP contribution in [0.2, 0.25) is 15.2 Å². The normalized spacial score (nSPS) is 11.8. The fourth-order valence-electron chi connectivity index (χ4n) is 1.53. The molecule has 0 aliphatic carbocycles. The van der Waals surface area contributed by atoms with Crippen LogP contribution in [0.15, 0.2) is 36.5 Å². The van der Waals surface area contributed by atoms with E-state index in [0.717, 1.165) is 0 Å². The highest BCUT2D eigenvalue weighted by Gasteiger charge is 2.17. The predicted octanol–water partition coefficient (Wildman–Crippen LogP) is 4.45. The second kappa shape index (κ2) is 6.98. The van der Waals surface area contributed by atoms with E-state index >= 15 is 0 Å². The Hall–Kier alpha value is -1.49. The minimum atomic E-state index is -0.764. The molecule has 2 rings (SSSR count). The van der Waals surface area contributed by atoms with Crippen LogP contribution in [0, 0.1) is 0 Å². The van der Waals surface area contributed by atoms with E-state index in [-0.39, 0.29) is 11.1 Å². The molecule has 0 unspecified atom stereocenters. The summed E-state index contributed by atoms with van der Waals surface area (Å²) in [6.07, 6.45) is 0.769. The Labute approximate surface area is 137 Å². The Morgan fingerprint density at radius 3 is 2.71 bits per heavy atom. The molecule has 2 aromatic rings. The van der Waals surface area contributed by atoms with Gasteiger partial charge in [-0.2, -0.15) is 0 Å². The molecule has 1 aromatic heterocycles. The molecule has 0 saturated heterocycles. The first kappa shape index (κ1) is 15.9. The highest BCUT2D eigenvalue weighted by molar-refractivity contribution is 6.35. The van der Waals surface area contributed by atoms with Crippen LogP contribution in [0.4, 0.5) is 5.69 Å². The Morgan fingerprint density at radius 1 is 1.29 bits per heavy atom. The van der Waals surface area contributed by atoms with Gasteiger partial charge < -0.3 is 10.1 Å². The van der Waals surface area contributed by atoms with Crippen molar-refractivity contribution >= 4 is 46.4 Å². The van der Waals surface area contributed by atoms with Gasteiger partial charge in [0.15, 0.2) is 11.3 Å². The largest absolute Gasteiger partial charge is 0.479 e. The van der Waals surface area contributed by atoms with Crippen LogP contribution < -0.4 is 10.1 Å². The Kier molecular flexibility index (Phi) is 5.28. The number of carbonyl (C=O) groups is 1. The average Bonchev–Trinajstić information content (AvgIpc) is 2.44. The first-order valence-corrected chi connectivity index (χ1v) is 7.14. The second-order valence-corrected chi connectivity index (χ2v) is 5.37. The van der Waals surface area contributed by atoms with E-state index in [0.29, 0.717) is 21.5 Å².